The average molecular weight is 165 g/mol. The van der Waals surface area contributed by atoms with Crippen LogP contribution in [0.1, 0.15) is 16.3 Å². The topological polar surface area (TPSA) is 96.2 Å². The lowest BCUT2D eigenvalue weighted by Crippen LogP contribution is -2.12. The summed E-state index contributed by atoms with van der Waals surface area (Å²) in [5.74, 6) is 0.208. The lowest BCUT2D eigenvalue weighted by atomic mass is 10.4. The number of carbonyl (C=O) groups excluding carboxylic acids is 1. The highest BCUT2D eigenvalue weighted by molar-refractivity contribution is 5.93. The van der Waals surface area contributed by atoms with Crippen molar-refractivity contribution in [1.29, 1.82) is 0 Å². The Morgan fingerprint density at radius 1 is 1.67 bits per heavy atom. The van der Waals surface area contributed by atoms with E-state index < -0.39 is 5.91 Å². The minimum atomic E-state index is -0.570. The van der Waals surface area contributed by atoms with Gasteiger partial charge in [0, 0.05) is 0 Å². The third-order valence-electron chi connectivity index (χ3n) is 1.52. The first-order valence-corrected chi connectivity index (χ1v) is 3.41. The summed E-state index contributed by atoms with van der Waals surface area (Å²) in [5, 5.41) is 2.89. The Kier molecular flexibility index (Phi) is 1.33. The Balaban J connectivity index is 2.46. The lowest BCUT2D eigenvalue weighted by molar-refractivity contribution is 0.0991. The van der Waals surface area contributed by atoms with Gasteiger partial charge < -0.3 is 16.0 Å². The summed E-state index contributed by atoms with van der Waals surface area (Å²) in [6.07, 6.45) is 1.62. The number of H-pyrrole nitrogens is 1. The van der Waals surface area contributed by atoms with Crippen LogP contribution in [0.15, 0.2) is 4.99 Å². The van der Waals surface area contributed by atoms with Crippen LogP contribution in [0.25, 0.3) is 0 Å². The summed E-state index contributed by atoms with van der Waals surface area (Å²) in [6.45, 7) is 0.482. The molecule has 6 heteroatoms. The van der Waals surface area contributed by atoms with Crippen molar-refractivity contribution < 1.29 is 4.79 Å². The SMILES string of the molecule is NC(=O)c1nc2c([nH]1)C=NCN2. The number of hydrogen-bond acceptors (Lipinski definition) is 4. The molecule has 0 bridgehead atoms. The first kappa shape index (κ1) is 6.84. The molecule has 0 saturated carbocycles. The summed E-state index contributed by atoms with van der Waals surface area (Å²) in [5.41, 5.74) is 5.71. The molecule has 2 heterocycles. The molecule has 1 aromatic rings. The Bertz CT molecular complexity index is 353. The summed E-state index contributed by atoms with van der Waals surface area (Å²) in [6, 6.07) is 0. The van der Waals surface area contributed by atoms with E-state index in [4.69, 9.17) is 5.73 Å². The fourth-order valence-corrected chi connectivity index (χ4v) is 0.989. The number of imidazole rings is 1. The molecule has 0 radical (unpaired) electrons. The van der Waals surface area contributed by atoms with E-state index in [1.54, 1.807) is 6.21 Å². The van der Waals surface area contributed by atoms with Crippen molar-refractivity contribution in [1.82, 2.24) is 9.97 Å². The molecule has 0 saturated heterocycles. The summed E-state index contributed by atoms with van der Waals surface area (Å²) in [7, 11) is 0. The minimum absolute atomic E-state index is 0.154. The fourth-order valence-electron chi connectivity index (χ4n) is 0.989. The molecule has 1 aliphatic heterocycles. The molecule has 1 aromatic heterocycles. The molecular formula is C6H7N5O. The van der Waals surface area contributed by atoms with Crippen molar-refractivity contribution in [2.75, 3.05) is 12.0 Å². The number of primary amides is 1. The van der Waals surface area contributed by atoms with Crippen molar-refractivity contribution in [3.05, 3.63) is 11.5 Å². The molecule has 2 rings (SSSR count). The van der Waals surface area contributed by atoms with Crippen LogP contribution in [0.2, 0.25) is 0 Å². The number of hydrogen-bond donors (Lipinski definition) is 3. The van der Waals surface area contributed by atoms with Gasteiger partial charge in [0.25, 0.3) is 5.91 Å². The van der Waals surface area contributed by atoms with Gasteiger partial charge in [0.05, 0.1) is 6.21 Å². The second-order valence-electron chi connectivity index (χ2n) is 2.36. The monoisotopic (exact) mass is 165 g/mol. The highest BCUT2D eigenvalue weighted by Crippen LogP contribution is 2.12. The fraction of sp³-hybridized carbons (Fsp3) is 0.167. The quantitative estimate of drug-likeness (QED) is 0.513. The zero-order valence-corrected chi connectivity index (χ0v) is 6.16. The highest BCUT2D eigenvalue weighted by atomic mass is 16.1. The second kappa shape index (κ2) is 2.33. The van der Waals surface area contributed by atoms with Gasteiger partial charge in [-0.25, -0.2) is 4.98 Å². The number of fused-ring (bicyclic) bond motifs is 1. The van der Waals surface area contributed by atoms with Crippen molar-refractivity contribution >= 4 is 17.9 Å². The molecule has 6 nitrogen and oxygen atoms in total. The average Bonchev–Trinajstić information content (AvgIpc) is 2.46. The number of amides is 1. The zero-order valence-electron chi connectivity index (χ0n) is 6.16. The number of nitrogens with two attached hydrogens (primary N) is 1. The summed E-state index contributed by atoms with van der Waals surface area (Å²) >= 11 is 0. The van der Waals surface area contributed by atoms with Crippen LogP contribution >= 0.6 is 0 Å². The molecular weight excluding hydrogens is 158 g/mol. The first-order chi connectivity index (χ1) is 5.77. The van der Waals surface area contributed by atoms with Crippen LogP contribution in [0.3, 0.4) is 0 Å². The van der Waals surface area contributed by atoms with Crippen molar-refractivity contribution in [2.24, 2.45) is 10.7 Å². The molecule has 1 aliphatic rings. The highest BCUT2D eigenvalue weighted by Gasteiger charge is 2.13. The molecule has 1 amide bonds. The number of aromatic nitrogens is 2. The van der Waals surface area contributed by atoms with E-state index in [0.29, 0.717) is 18.2 Å². The largest absolute Gasteiger partial charge is 0.363 e. The number of aliphatic imine (C=N–C) groups is 1. The van der Waals surface area contributed by atoms with E-state index >= 15 is 0 Å². The van der Waals surface area contributed by atoms with Crippen LogP contribution in [-0.4, -0.2) is 28.8 Å². The molecule has 62 valence electrons. The molecule has 4 N–H and O–H groups in total. The van der Waals surface area contributed by atoms with Gasteiger partial charge in [-0.15, -0.1) is 0 Å². The Morgan fingerprint density at radius 2 is 2.50 bits per heavy atom. The van der Waals surface area contributed by atoms with Gasteiger partial charge in [-0.05, 0) is 0 Å². The van der Waals surface area contributed by atoms with Gasteiger partial charge in [-0.3, -0.25) is 9.79 Å². The van der Waals surface area contributed by atoms with Crippen molar-refractivity contribution in [3.8, 4) is 0 Å². The van der Waals surface area contributed by atoms with E-state index in [1.807, 2.05) is 0 Å². The maximum absolute atomic E-state index is 10.7. The summed E-state index contributed by atoms with van der Waals surface area (Å²) in [4.78, 5) is 21.3. The second-order valence-corrected chi connectivity index (χ2v) is 2.36. The third kappa shape index (κ3) is 0.931. The maximum Gasteiger partial charge on any atom is 0.284 e. The summed E-state index contributed by atoms with van der Waals surface area (Å²) < 4.78 is 0. The van der Waals surface area contributed by atoms with E-state index in [9.17, 15) is 4.79 Å². The van der Waals surface area contributed by atoms with Gasteiger partial charge in [0.2, 0.25) is 0 Å². The molecule has 0 unspecified atom stereocenters. The van der Waals surface area contributed by atoms with Gasteiger partial charge in [0.1, 0.15) is 12.4 Å². The molecule has 0 atom stereocenters. The Morgan fingerprint density at radius 3 is 3.17 bits per heavy atom. The molecule has 0 aromatic carbocycles. The van der Waals surface area contributed by atoms with Gasteiger partial charge >= 0.3 is 0 Å². The first-order valence-electron chi connectivity index (χ1n) is 3.41. The number of rotatable bonds is 1. The third-order valence-corrected chi connectivity index (χ3v) is 1.52. The Hall–Kier alpha value is -1.85. The molecule has 0 spiro atoms. The van der Waals surface area contributed by atoms with E-state index in [2.05, 4.69) is 20.3 Å². The predicted octanol–water partition coefficient (Wildman–Crippen LogP) is -0.690. The van der Waals surface area contributed by atoms with Crippen LogP contribution < -0.4 is 11.1 Å². The van der Waals surface area contributed by atoms with Crippen LogP contribution in [0.4, 0.5) is 5.82 Å². The molecule has 0 fully saturated rings. The Labute approximate surface area is 67.9 Å². The van der Waals surface area contributed by atoms with Crippen LogP contribution in [0.5, 0.6) is 0 Å². The van der Waals surface area contributed by atoms with Gasteiger partial charge in [-0.2, -0.15) is 0 Å². The van der Waals surface area contributed by atoms with E-state index in [-0.39, 0.29) is 5.82 Å². The van der Waals surface area contributed by atoms with E-state index in [1.165, 1.54) is 0 Å². The van der Waals surface area contributed by atoms with Crippen molar-refractivity contribution in [3.63, 3.8) is 0 Å². The number of nitrogens with zero attached hydrogens (tertiary/aromatic N) is 2. The van der Waals surface area contributed by atoms with Crippen molar-refractivity contribution in [2.45, 2.75) is 0 Å². The lowest BCUT2D eigenvalue weighted by Gasteiger charge is -2.03. The molecule has 0 aliphatic carbocycles. The van der Waals surface area contributed by atoms with Crippen LogP contribution in [-0.2, 0) is 0 Å². The predicted molar refractivity (Wildman–Crippen MR) is 43.2 cm³/mol. The number of nitrogens with one attached hydrogen (secondary N) is 2. The zero-order chi connectivity index (χ0) is 8.55. The number of carbonyl (C=O) groups is 1. The van der Waals surface area contributed by atoms with E-state index in [0.717, 1.165) is 0 Å². The van der Waals surface area contributed by atoms with Gasteiger partial charge in [-0.1, -0.05) is 0 Å². The van der Waals surface area contributed by atoms with Gasteiger partial charge in [0.15, 0.2) is 11.6 Å². The minimum Gasteiger partial charge on any atom is -0.363 e. The smallest absolute Gasteiger partial charge is 0.284 e. The number of aromatic amines is 1. The maximum atomic E-state index is 10.7. The standard InChI is InChI=1S/C6H7N5O/c7-4(12)6-10-3-1-8-2-9-5(3)11-6/h1,9H,2H2,(H2,7,12)(H,10,11). The van der Waals surface area contributed by atoms with Crippen LogP contribution in [0, 0.1) is 0 Å². The number of anilines is 1. The normalized spacial score (nSPS) is 13.7. The molecule has 12 heavy (non-hydrogen) atoms.